The van der Waals surface area contributed by atoms with E-state index in [4.69, 9.17) is 0 Å². The van der Waals surface area contributed by atoms with E-state index in [0.717, 1.165) is 17.1 Å². The van der Waals surface area contributed by atoms with Crippen molar-refractivity contribution >= 4 is 37.5 Å². The molecular weight excluding hydrogens is 309 g/mol. The number of carbonyl (C=O) groups excluding carboxylic acids is 1. The molecule has 0 radical (unpaired) electrons. The first-order chi connectivity index (χ1) is 9.16. The molecule has 0 bridgehead atoms. The van der Waals surface area contributed by atoms with E-state index in [0.29, 0.717) is 16.9 Å². The van der Waals surface area contributed by atoms with Crippen LogP contribution in [0.15, 0.2) is 26.1 Å². The molecule has 0 aliphatic carbocycles. The van der Waals surface area contributed by atoms with Gasteiger partial charge in [-0.15, -0.1) is 0 Å². The van der Waals surface area contributed by atoms with Crippen molar-refractivity contribution in [3.05, 3.63) is 35.2 Å². The maximum atomic E-state index is 12.3. The third-order valence-corrected chi connectivity index (χ3v) is 4.03. The minimum atomic E-state index is -0.174. The predicted molar refractivity (Wildman–Crippen MR) is 72.4 cm³/mol. The third-order valence-electron chi connectivity index (χ3n) is 2.89. The first kappa shape index (κ1) is 12.1. The van der Waals surface area contributed by atoms with E-state index in [1.54, 1.807) is 6.92 Å². The van der Waals surface area contributed by atoms with Crippen molar-refractivity contribution in [2.24, 2.45) is 7.92 Å². The van der Waals surface area contributed by atoms with Gasteiger partial charge in [-0.25, -0.2) is 0 Å². The van der Waals surface area contributed by atoms with Crippen LogP contribution in [-0.2, 0) is 0 Å². The normalized spacial score (nSPS) is 12.1. The topological polar surface area (TPSA) is 82.5 Å². The number of rotatable bonds is 2. The number of hydrogen-bond donors (Lipinski definition) is 2. The summed E-state index contributed by atoms with van der Waals surface area (Å²) < 4.78 is 8.63. The van der Waals surface area contributed by atoms with E-state index in [1.807, 2.05) is 25.1 Å². The molecular formula is C12H11N5OSe. The monoisotopic (exact) mass is 321 g/mol. The molecule has 0 atom stereocenters. The van der Waals surface area contributed by atoms with Crippen LogP contribution in [0.3, 0.4) is 0 Å². The van der Waals surface area contributed by atoms with Gasteiger partial charge in [0, 0.05) is 0 Å². The molecule has 1 aromatic carbocycles. The average molecular weight is 320 g/mol. The van der Waals surface area contributed by atoms with E-state index in [9.17, 15) is 4.79 Å². The van der Waals surface area contributed by atoms with Crippen molar-refractivity contribution in [2.75, 3.05) is 5.32 Å². The summed E-state index contributed by atoms with van der Waals surface area (Å²) in [5, 5.41) is 9.72. The maximum absolute atomic E-state index is 12.3. The van der Waals surface area contributed by atoms with Crippen LogP contribution in [0.2, 0.25) is 0 Å². The molecule has 2 N–H and O–H groups in total. The van der Waals surface area contributed by atoms with Crippen molar-refractivity contribution in [1.82, 2.24) is 10.2 Å². The van der Waals surface area contributed by atoms with Gasteiger partial charge >= 0.3 is 115 Å². The van der Waals surface area contributed by atoms with Crippen LogP contribution in [0.1, 0.15) is 21.7 Å². The Hall–Kier alpha value is -1.98. The molecule has 0 unspecified atom stereocenters. The number of carbonyl (C=O) groups is 1. The Kier molecular flexibility index (Phi) is 2.93. The molecule has 2 heterocycles. The molecule has 1 aliphatic rings. The van der Waals surface area contributed by atoms with Gasteiger partial charge in [0.2, 0.25) is 0 Å². The zero-order valence-corrected chi connectivity index (χ0v) is 12.1. The van der Waals surface area contributed by atoms with Crippen LogP contribution in [-0.4, -0.2) is 30.7 Å². The van der Waals surface area contributed by atoms with Gasteiger partial charge in [0.05, 0.1) is 0 Å². The number of anilines is 1. The minimum absolute atomic E-state index is 0.107. The Morgan fingerprint density at radius 1 is 1.32 bits per heavy atom. The van der Waals surface area contributed by atoms with Crippen molar-refractivity contribution in [3.63, 3.8) is 0 Å². The number of benzene rings is 1. The number of nitrogens with zero attached hydrogens (tertiary/aromatic N) is 3. The van der Waals surface area contributed by atoms with E-state index >= 15 is 0 Å². The Bertz CT molecular complexity index is 723. The fraction of sp³-hybridized carbons (Fsp3) is 0.167. The molecule has 3 rings (SSSR count). The van der Waals surface area contributed by atoms with Crippen molar-refractivity contribution in [3.8, 4) is 0 Å². The standard InChI is InChI=1S/C12H11N5OSe/c1-6-10(7(2)15-14-6)12(18)13-8-4-3-5-9-11(8)17-19-16-9/h3-5H,1-2H3,(H,13,18)(H,14,15). The number of aromatic amines is 1. The summed E-state index contributed by atoms with van der Waals surface area (Å²) in [6.45, 7) is 3.63. The summed E-state index contributed by atoms with van der Waals surface area (Å²) in [6, 6.07) is 5.60. The SMILES string of the molecule is Cc1n[nH]c(C)c1C(=O)Nc1cccc2c1N=[Se]=N2. The fourth-order valence-corrected chi connectivity index (χ4v) is 3.13. The van der Waals surface area contributed by atoms with Crippen molar-refractivity contribution in [1.29, 1.82) is 0 Å². The summed E-state index contributed by atoms with van der Waals surface area (Å²) in [5.74, 6) is -0.174. The molecule has 2 aromatic rings. The molecule has 1 aromatic heterocycles. The molecule has 0 fully saturated rings. The summed E-state index contributed by atoms with van der Waals surface area (Å²) in [4.78, 5) is 12.3. The number of aryl methyl sites for hydroxylation is 2. The Morgan fingerprint density at radius 2 is 2.16 bits per heavy atom. The van der Waals surface area contributed by atoms with Crippen LogP contribution in [0.25, 0.3) is 0 Å². The molecule has 0 spiro atoms. The van der Waals surface area contributed by atoms with E-state index < -0.39 is 0 Å². The Balaban J connectivity index is 1.93. The second-order valence-electron chi connectivity index (χ2n) is 4.20. The number of fused-ring (bicyclic) bond motifs is 1. The number of aromatic nitrogens is 2. The molecule has 1 aliphatic heterocycles. The molecule has 0 saturated heterocycles. The predicted octanol–water partition coefficient (Wildman–Crippen LogP) is 2.63. The van der Waals surface area contributed by atoms with Gasteiger partial charge in [-0.3, -0.25) is 0 Å². The van der Waals surface area contributed by atoms with E-state index in [2.05, 4.69) is 23.4 Å². The zero-order chi connectivity index (χ0) is 13.4. The summed E-state index contributed by atoms with van der Waals surface area (Å²) in [6.07, 6.45) is 0. The van der Waals surface area contributed by atoms with Crippen LogP contribution in [0.4, 0.5) is 17.1 Å². The van der Waals surface area contributed by atoms with Gasteiger partial charge < -0.3 is 0 Å². The van der Waals surface area contributed by atoms with Gasteiger partial charge in [0.25, 0.3) is 0 Å². The first-order valence-electron chi connectivity index (χ1n) is 5.71. The molecule has 0 saturated carbocycles. The quantitative estimate of drug-likeness (QED) is 0.712. The number of amides is 1. The van der Waals surface area contributed by atoms with E-state index in [-0.39, 0.29) is 20.5 Å². The summed E-state index contributed by atoms with van der Waals surface area (Å²) >= 11 is -0.107. The Labute approximate surface area is 115 Å². The second kappa shape index (κ2) is 4.60. The Morgan fingerprint density at radius 3 is 2.89 bits per heavy atom. The van der Waals surface area contributed by atoms with E-state index in [1.165, 1.54) is 0 Å². The number of hydrogen-bond acceptors (Lipinski definition) is 4. The first-order valence-corrected chi connectivity index (χ1v) is 7.24. The van der Waals surface area contributed by atoms with Gasteiger partial charge in [0.1, 0.15) is 0 Å². The number of H-pyrrole nitrogens is 1. The number of nitrogens with one attached hydrogen (secondary N) is 2. The fourth-order valence-electron chi connectivity index (χ4n) is 1.98. The van der Waals surface area contributed by atoms with Crippen LogP contribution in [0, 0.1) is 13.8 Å². The van der Waals surface area contributed by atoms with Gasteiger partial charge in [-0.05, 0) is 0 Å². The van der Waals surface area contributed by atoms with Crippen LogP contribution in [0.5, 0.6) is 0 Å². The molecule has 19 heavy (non-hydrogen) atoms. The average Bonchev–Trinajstić information content (AvgIpc) is 2.97. The van der Waals surface area contributed by atoms with Gasteiger partial charge in [-0.2, -0.15) is 0 Å². The van der Waals surface area contributed by atoms with Crippen molar-refractivity contribution < 1.29 is 4.79 Å². The summed E-state index contributed by atoms with van der Waals surface area (Å²) in [7, 11) is 0. The zero-order valence-electron chi connectivity index (χ0n) is 10.4. The van der Waals surface area contributed by atoms with Crippen molar-refractivity contribution in [2.45, 2.75) is 13.8 Å². The van der Waals surface area contributed by atoms with Gasteiger partial charge in [-0.1, -0.05) is 0 Å². The molecule has 7 heteroatoms. The second-order valence-corrected chi connectivity index (χ2v) is 5.31. The van der Waals surface area contributed by atoms with Gasteiger partial charge in [0.15, 0.2) is 0 Å². The molecule has 6 nitrogen and oxygen atoms in total. The molecule has 1 amide bonds. The van der Waals surface area contributed by atoms with Crippen LogP contribution >= 0.6 is 0 Å². The molecule has 96 valence electrons. The summed E-state index contributed by atoms with van der Waals surface area (Å²) in [5.41, 5.74) is 4.35. The third kappa shape index (κ3) is 2.07. The van der Waals surface area contributed by atoms with Crippen LogP contribution < -0.4 is 5.32 Å².